The quantitative estimate of drug-likeness (QED) is 0.839. The van der Waals surface area contributed by atoms with Crippen molar-refractivity contribution in [3.63, 3.8) is 0 Å². The molecule has 2 rings (SSSR count). The van der Waals surface area contributed by atoms with E-state index in [4.69, 9.17) is 21.6 Å². The van der Waals surface area contributed by atoms with E-state index >= 15 is 0 Å². The van der Waals surface area contributed by atoms with Gasteiger partial charge in [0.05, 0.1) is 16.7 Å². The number of ether oxygens (including phenoxy) is 1. The third-order valence-electron chi connectivity index (χ3n) is 2.34. The van der Waals surface area contributed by atoms with E-state index in [0.29, 0.717) is 16.3 Å². The number of rotatable bonds is 3. The van der Waals surface area contributed by atoms with Gasteiger partial charge in [-0.1, -0.05) is 23.7 Å². The molecule has 0 aliphatic carbocycles. The minimum atomic E-state index is -0.304. The van der Waals surface area contributed by atoms with Gasteiger partial charge in [0.1, 0.15) is 18.2 Å². The number of hydrogen-bond acceptors (Lipinski definition) is 2. The van der Waals surface area contributed by atoms with E-state index in [1.54, 1.807) is 24.3 Å². The Morgan fingerprint density at radius 3 is 2.72 bits per heavy atom. The number of nitrogens with zero attached hydrogens (tertiary/aromatic N) is 1. The van der Waals surface area contributed by atoms with Crippen LogP contribution in [-0.4, -0.2) is 0 Å². The Morgan fingerprint density at radius 2 is 2.06 bits per heavy atom. The summed E-state index contributed by atoms with van der Waals surface area (Å²) in [5.74, 6) is 0.168. The molecule has 0 heterocycles. The van der Waals surface area contributed by atoms with Crippen LogP contribution in [-0.2, 0) is 6.61 Å². The molecule has 0 radical (unpaired) electrons. The third-order valence-corrected chi connectivity index (χ3v) is 2.64. The Labute approximate surface area is 109 Å². The molecular weight excluding hydrogens is 253 g/mol. The largest absolute Gasteiger partial charge is 0.487 e. The molecule has 0 N–H and O–H groups in total. The molecule has 0 saturated carbocycles. The number of halogens is 2. The van der Waals surface area contributed by atoms with Crippen LogP contribution >= 0.6 is 11.6 Å². The van der Waals surface area contributed by atoms with E-state index in [9.17, 15) is 4.39 Å². The summed E-state index contributed by atoms with van der Waals surface area (Å²) >= 11 is 5.96. The first-order chi connectivity index (χ1) is 8.69. The highest BCUT2D eigenvalue weighted by atomic mass is 35.5. The zero-order chi connectivity index (χ0) is 13.0. The summed E-state index contributed by atoms with van der Waals surface area (Å²) in [6.07, 6.45) is 0. The first-order valence-corrected chi connectivity index (χ1v) is 5.64. The predicted octanol–water partition coefficient (Wildman–Crippen LogP) is 3.93. The van der Waals surface area contributed by atoms with Crippen molar-refractivity contribution >= 4 is 11.6 Å². The molecule has 0 atom stereocenters. The molecule has 0 aliphatic rings. The Bertz CT molecular complexity index is 607. The van der Waals surface area contributed by atoms with Gasteiger partial charge < -0.3 is 4.74 Å². The molecule has 18 heavy (non-hydrogen) atoms. The fourth-order valence-electron chi connectivity index (χ4n) is 1.48. The summed E-state index contributed by atoms with van der Waals surface area (Å²) in [5.41, 5.74) is 1.19. The summed E-state index contributed by atoms with van der Waals surface area (Å²) in [5, 5.41) is 9.07. The van der Waals surface area contributed by atoms with Crippen molar-refractivity contribution in [2.75, 3.05) is 0 Å². The summed E-state index contributed by atoms with van der Waals surface area (Å²) < 4.78 is 18.4. The SMILES string of the molecule is N#Cc1ccc(OCc2cccc(F)c2)c(Cl)c1. The fourth-order valence-corrected chi connectivity index (χ4v) is 1.71. The molecule has 2 aromatic rings. The van der Waals surface area contributed by atoms with Gasteiger partial charge in [-0.3, -0.25) is 0 Å². The lowest BCUT2D eigenvalue weighted by Crippen LogP contribution is -1.96. The summed E-state index contributed by atoms with van der Waals surface area (Å²) in [6, 6.07) is 12.9. The average Bonchev–Trinajstić information content (AvgIpc) is 2.37. The first-order valence-electron chi connectivity index (χ1n) is 5.26. The van der Waals surface area contributed by atoms with Crippen molar-refractivity contribution in [2.24, 2.45) is 0 Å². The van der Waals surface area contributed by atoms with E-state index in [1.807, 2.05) is 6.07 Å². The maximum Gasteiger partial charge on any atom is 0.138 e. The normalized spacial score (nSPS) is 9.83. The smallest absolute Gasteiger partial charge is 0.138 e. The molecule has 0 spiro atoms. The highest BCUT2D eigenvalue weighted by Crippen LogP contribution is 2.26. The van der Waals surface area contributed by atoms with Crippen LogP contribution in [0.4, 0.5) is 4.39 Å². The number of benzene rings is 2. The maximum atomic E-state index is 13.0. The van der Waals surface area contributed by atoms with Crippen molar-refractivity contribution in [1.29, 1.82) is 5.26 Å². The highest BCUT2D eigenvalue weighted by Gasteiger charge is 2.03. The van der Waals surface area contributed by atoms with Gasteiger partial charge in [-0.15, -0.1) is 0 Å². The van der Waals surface area contributed by atoms with Gasteiger partial charge in [-0.05, 0) is 35.9 Å². The van der Waals surface area contributed by atoms with Crippen molar-refractivity contribution in [2.45, 2.75) is 6.61 Å². The van der Waals surface area contributed by atoms with Crippen molar-refractivity contribution in [3.8, 4) is 11.8 Å². The topological polar surface area (TPSA) is 33.0 Å². The molecule has 90 valence electrons. The van der Waals surface area contributed by atoms with E-state index < -0.39 is 0 Å². The van der Waals surface area contributed by atoms with Crippen LogP contribution in [0, 0.1) is 17.1 Å². The molecule has 0 fully saturated rings. The second-order valence-corrected chi connectivity index (χ2v) is 4.08. The second kappa shape index (κ2) is 5.52. The van der Waals surface area contributed by atoms with Gasteiger partial charge in [-0.25, -0.2) is 4.39 Å². The molecule has 0 aliphatic heterocycles. The van der Waals surface area contributed by atoms with Crippen LogP contribution in [0.3, 0.4) is 0 Å². The number of nitriles is 1. The molecule has 0 aromatic heterocycles. The van der Waals surface area contributed by atoms with E-state index in [0.717, 1.165) is 5.56 Å². The Balaban J connectivity index is 2.09. The molecule has 2 nitrogen and oxygen atoms in total. The van der Waals surface area contributed by atoms with Crippen LogP contribution in [0.1, 0.15) is 11.1 Å². The zero-order valence-electron chi connectivity index (χ0n) is 9.36. The van der Waals surface area contributed by atoms with Gasteiger partial charge in [0.2, 0.25) is 0 Å². The first kappa shape index (κ1) is 12.4. The molecule has 2 aromatic carbocycles. The second-order valence-electron chi connectivity index (χ2n) is 3.68. The Morgan fingerprint density at radius 1 is 1.22 bits per heavy atom. The minimum Gasteiger partial charge on any atom is -0.487 e. The molecular formula is C14H9ClFNO. The highest BCUT2D eigenvalue weighted by molar-refractivity contribution is 6.32. The lowest BCUT2D eigenvalue weighted by atomic mass is 10.2. The van der Waals surface area contributed by atoms with Crippen LogP contribution in [0.15, 0.2) is 42.5 Å². The summed E-state index contributed by atoms with van der Waals surface area (Å²) in [4.78, 5) is 0. The Kier molecular flexibility index (Phi) is 3.81. The summed E-state index contributed by atoms with van der Waals surface area (Å²) in [7, 11) is 0. The average molecular weight is 262 g/mol. The molecule has 0 bridgehead atoms. The molecule has 0 amide bonds. The third kappa shape index (κ3) is 2.99. The van der Waals surface area contributed by atoms with E-state index in [1.165, 1.54) is 18.2 Å². The monoisotopic (exact) mass is 261 g/mol. The standard InChI is InChI=1S/C14H9ClFNO/c15-13-7-10(8-17)4-5-14(13)18-9-11-2-1-3-12(16)6-11/h1-7H,9H2. The van der Waals surface area contributed by atoms with Crippen molar-refractivity contribution < 1.29 is 9.13 Å². The van der Waals surface area contributed by atoms with Gasteiger partial charge in [0.15, 0.2) is 0 Å². The van der Waals surface area contributed by atoms with Gasteiger partial charge >= 0.3 is 0 Å². The van der Waals surface area contributed by atoms with E-state index in [-0.39, 0.29) is 12.4 Å². The zero-order valence-corrected chi connectivity index (χ0v) is 10.1. The lowest BCUT2D eigenvalue weighted by Gasteiger charge is -2.08. The maximum absolute atomic E-state index is 13.0. The van der Waals surface area contributed by atoms with Crippen LogP contribution in [0.5, 0.6) is 5.75 Å². The fraction of sp³-hybridized carbons (Fsp3) is 0.0714. The predicted molar refractivity (Wildman–Crippen MR) is 66.9 cm³/mol. The molecule has 4 heteroatoms. The lowest BCUT2D eigenvalue weighted by molar-refractivity contribution is 0.306. The summed E-state index contributed by atoms with van der Waals surface area (Å²) in [6.45, 7) is 0.226. The van der Waals surface area contributed by atoms with Crippen LogP contribution < -0.4 is 4.74 Å². The Hall–Kier alpha value is -2.05. The van der Waals surface area contributed by atoms with Crippen molar-refractivity contribution in [3.05, 3.63) is 64.4 Å². The van der Waals surface area contributed by atoms with E-state index in [2.05, 4.69) is 0 Å². The minimum absolute atomic E-state index is 0.226. The van der Waals surface area contributed by atoms with Gasteiger partial charge in [-0.2, -0.15) is 5.26 Å². The van der Waals surface area contributed by atoms with Crippen LogP contribution in [0.25, 0.3) is 0 Å². The van der Waals surface area contributed by atoms with Gasteiger partial charge in [0, 0.05) is 0 Å². The number of hydrogen-bond donors (Lipinski definition) is 0. The molecule has 0 unspecified atom stereocenters. The molecule has 0 saturated heterocycles. The van der Waals surface area contributed by atoms with Gasteiger partial charge in [0.25, 0.3) is 0 Å². The van der Waals surface area contributed by atoms with Crippen LogP contribution in [0.2, 0.25) is 5.02 Å². The van der Waals surface area contributed by atoms with Crippen molar-refractivity contribution in [1.82, 2.24) is 0 Å².